The predicted molar refractivity (Wildman–Crippen MR) is 80.2 cm³/mol. The van der Waals surface area contributed by atoms with E-state index in [4.69, 9.17) is 0 Å². The molecule has 0 fully saturated rings. The fraction of sp³-hybridized carbons (Fsp3) is 0.154. The van der Waals surface area contributed by atoms with Crippen molar-refractivity contribution in [2.24, 2.45) is 0 Å². The first-order valence-electron chi connectivity index (χ1n) is 5.66. The van der Waals surface area contributed by atoms with Crippen molar-refractivity contribution in [3.05, 3.63) is 45.2 Å². The molecule has 0 aliphatic rings. The van der Waals surface area contributed by atoms with E-state index in [9.17, 15) is 0 Å². The highest BCUT2D eigenvalue weighted by atomic mass is 79.9. The third-order valence-corrected chi connectivity index (χ3v) is 4.71. The number of benzene rings is 1. The molecule has 1 atom stereocenters. The average molecular weight is 322 g/mol. The van der Waals surface area contributed by atoms with Crippen LogP contribution in [0, 0.1) is 0 Å². The van der Waals surface area contributed by atoms with Gasteiger partial charge in [-0.25, -0.2) is 0 Å². The number of fused-ring (bicyclic) bond motifs is 1. The predicted octanol–water partition coefficient (Wildman–Crippen LogP) is 4.56. The van der Waals surface area contributed by atoms with Crippen LogP contribution in [0.4, 0.5) is 5.69 Å². The van der Waals surface area contributed by atoms with Crippen molar-refractivity contribution in [3.63, 3.8) is 0 Å². The second-order valence-electron chi connectivity index (χ2n) is 4.21. The van der Waals surface area contributed by atoms with Crippen LogP contribution in [-0.4, -0.2) is 10.2 Å². The molecule has 3 aromatic rings. The minimum absolute atomic E-state index is 0.297. The molecule has 0 aliphatic heterocycles. The number of aromatic amines is 1. The number of hydrogen-bond acceptors (Lipinski definition) is 3. The lowest BCUT2D eigenvalue weighted by Gasteiger charge is -2.13. The van der Waals surface area contributed by atoms with Crippen LogP contribution in [0.2, 0.25) is 0 Å². The van der Waals surface area contributed by atoms with Crippen LogP contribution in [0.1, 0.15) is 17.8 Å². The lowest BCUT2D eigenvalue weighted by atomic mass is 10.2. The highest BCUT2D eigenvalue weighted by Gasteiger charge is 2.08. The number of thiophene rings is 1. The van der Waals surface area contributed by atoms with Gasteiger partial charge in [-0.05, 0) is 47.1 Å². The van der Waals surface area contributed by atoms with Crippen molar-refractivity contribution < 1.29 is 0 Å². The molecule has 2 N–H and O–H groups in total. The van der Waals surface area contributed by atoms with Crippen molar-refractivity contribution in [1.82, 2.24) is 10.2 Å². The number of anilines is 1. The third kappa shape index (κ3) is 2.28. The summed E-state index contributed by atoms with van der Waals surface area (Å²) in [5.41, 5.74) is 2.17. The van der Waals surface area contributed by atoms with E-state index in [0.717, 1.165) is 21.1 Å². The van der Waals surface area contributed by atoms with Gasteiger partial charge < -0.3 is 5.32 Å². The summed E-state index contributed by atoms with van der Waals surface area (Å²) < 4.78 is 1.14. The molecule has 1 aromatic carbocycles. The molecule has 0 spiro atoms. The zero-order valence-electron chi connectivity index (χ0n) is 9.77. The number of rotatable bonds is 3. The van der Waals surface area contributed by atoms with Gasteiger partial charge in [-0.15, -0.1) is 11.3 Å². The summed E-state index contributed by atoms with van der Waals surface area (Å²) in [4.78, 5) is 1.31. The van der Waals surface area contributed by atoms with Gasteiger partial charge in [0.2, 0.25) is 0 Å². The first kappa shape index (κ1) is 11.7. The summed E-state index contributed by atoms with van der Waals surface area (Å²) in [6.07, 6.45) is 1.84. The summed E-state index contributed by atoms with van der Waals surface area (Å²) >= 11 is 5.24. The molecule has 2 aromatic heterocycles. The number of hydrogen-bond donors (Lipinski definition) is 2. The van der Waals surface area contributed by atoms with E-state index in [0.29, 0.717) is 6.04 Å². The Hall–Kier alpha value is -1.33. The first-order chi connectivity index (χ1) is 8.72. The van der Waals surface area contributed by atoms with Gasteiger partial charge in [0.05, 0.1) is 17.8 Å². The van der Waals surface area contributed by atoms with Crippen LogP contribution in [0.3, 0.4) is 0 Å². The molecule has 92 valence electrons. The number of nitrogens with zero attached hydrogens (tertiary/aromatic N) is 1. The molecule has 0 radical (unpaired) electrons. The van der Waals surface area contributed by atoms with Crippen LogP contribution in [-0.2, 0) is 0 Å². The van der Waals surface area contributed by atoms with E-state index in [-0.39, 0.29) is 0 Å². The lowest BCUT2D eigenvalue weighted by Crippen LogP contribution is -2.04. The Balaban J connectivity index is 1.83. The van der Waals surface area contributed by atoms with Gasteiger partial charge >= 0.3 is 0 Å². The molecule has 0 saturated heterocycles. The summed E-state index contributed by atoms with van der Waals surface area (Å²) in [5, 5.41) is 13.7. The number of nitrogens with one attached hydrogen (secondary N) is 2. The van der Waals surface area contributed by atoms with Gasteiger partial charge in [0.25, 0.3) is 0 Å². The minimum Gasteiger partial charge on any atom is -0.378 e. The highest BCUT2D eigenvalue weighted by Crippen LogP contribution is 2.28. The maximum atomic E-state index is 4.03. The van der Waals surface area contributed by atoms with E-state index in [1.807, 2.05) is 12.3 Å². The zero-order chi connectivity index (χ0) is 12.5. The first-order valence-corrected chi connectivity index (χ1v) is 7.33. The Morgan fingerprint density at radius 1 is 1.39 bits per heavy atom. The molecule has 3 nitrogen and oxygen atoms in total. The van der Waals surface area contributed by atoms with Gasteiger partial charge in [0.1, 0.15) is 0 Å². The Morgan fingerprint density at radius 2 is 2.28 bits per heavy atom. The maximum Gasteiger partial charge on any atom is 0.0651 e. The third-order valence-electron chi connectivity index (χ3n) is 2.84. The van der Waals surface area contributed by atoms with Crippen LogP contribution in [0.5, 0.6) is 0 Å². The van der Waals surface area contributed by atoms with Gasteiger partial charge in [-0.2, -0.15) is 5.10 Å². The standard InChI is InChI=1S/C13H12BrN3S/c1-8(13-5-10(14)7-18-13)16-11-2-3-12-9(4-11)6-15-17-12/h2-8,16H,1H3,(H,15,17). The van der Waals surface area contributed by atoms with Crippen molar-refractivity contribution >= 4 is 43.9 Å². The van der Waals surface area contributed by atoms with E-state index in [2.05, 4.69) is 61.9 Å². The molecule has 18 heavy (non-hydrogen) atoms. The number of H-pyrrole nitrogens is 1. The monoisotopic (exact) mass is 321 g/mol. The van der Waals surface area contributed by atoms with Crippen molar-refractivity contribution in [1.29, 1.82) is 0 Å². The topological polar surface area (TPSA) is 40.7 Å². The summed E-state index contributed by atoms with van der Waals surface area (Å²) in [6, 6.07) is 8.67. The Labute approximate surface area is 117 Å². The van der Waals surface area contributed by atoms with Gasteiger partial charge in [-0.3, -0.25) is 5.10 Å². The Kier molecular flexibility index (Phi) is 3.09. The van der Waals surface area contributed by atoms with Gasteiger partial charge in [-0.1, -0.05) is 0 Å². The fourth-order valence-corrected chi connectivity index (χ4v) is 3.36. The van der Waals surface area contributed by atoms with Crippen LogP contribution in [0.25, 0.3) is 10.9 Å². The normalized spacial score (nSPS) is 12.8. The van der Waals surface area contributed by atoms with Gasteiger partial charge in [0.15, 0.2) is 0 Å². The summed E-state index contributed by atoms with van der Waals surface area (Å²) in [5.74, 6) is 0. The second kappa shape index (κ2) is 4.74. The smallest absolute Gasteiger partial charge is 0.0651 e. The van der Waals surface area contributed by atoms with Crippen LogP contribution < -0.4 is 5.32 Å². The largest absolute Gasteiger partial charge is 0.378 e. The van der Waals surface area contributed by atoms with Crippen molar-refractivity contribution in [2.75, 3.05) is 5.32 Å². The molecular weight excluding hydrogens is 310 g/mol. The molecule has 1 unspecified atom stereocenters. The molecule has 0 saturated carbocycles. The minimum atomic E-state index is 0.297. The van der Waals surface area contributed by atoms with Crippen molar-refractivity contribution in [3.8, 4) is 0 Å². The SMILES string of the molecule is CC(Nc1ccc2[nH]ncc2c1)c1cc(Br)cs1. The van der Waals surface area contributed by atoms with Crippen LogP contribution in [0.15, 0.2) is 40.3 Å². The lowest BCUT2D eigenvalue weighted by molar-refractivity contribution is 0.908. The molecule has 5 heteroatoms. The Morgan fingerprint density at radius 3 is 3.06 bits per heavy atom. The zero-order valence-corrected chi connectivity index (χ0v) is 12.2. The quantitative estimate of drug-likeness (QED) is 0.742. The van der Waals surface area contributed by atoms with E-state index in [1.165, 1.54) is 4.88 Å². The molecule has 0 amide bonds. The highest BCUT2D eigenvalue weighted by molar-refractivity contribution is 9.10. The van der Waals surface area contributed by atoms with Gasteiger partial charge in [0, 0.05) is 25.8 Å². The number of aromatic nitrogens is 2. The maximum absolute atomic E-state index is 4.03. The summed E-state index contributed by atoms with van der Waals surface area (Å²) in [6.45, 7) is 2.16. The van der Waals surface area contributed by atoms with Crippen molar-refractivity contribution in [2.45, 2.75) is 13.0 Å². The van der Waals surface area contributed by atoms with E-state index < -0.39 is 0 Å². The molecule has 2 heterocycles. The average Bonchev–Trinajstić information content (AvgIpc) is 2.96. The fourth-order valence-electron chi connectivity index (χ4n) is 1.91. The molecule has 0 aliphatic carbocycles. The van der Waals surface area contributed by atoms with E-state index in [1.54, 1.807) is 11.3 Å². The van der Waals surface area contributed by atoms with E-state index >= 15 is 0 Å². The molecule has 0 bridgehead atoms. The molecule has 3 rings (SSSR count). The second-order valence-corrected chi connectivity index (χ2v) is 6.06. The molecular formula is C13H12BrN3S. The Bertz CT molecular complexity index is 673. The van der Waals surface area contributed by atoms with Crippen LogP contribution >= 0.6 is 27.3 Å². The number of halogens is 1. The summed E-state index contributed by atoms with van der Waals surface area (Å²) in [7, 11) is 0.